The minimum absolute atomic E-state index is 0.208. The summed E-state index contributed by atoms with van der Waals surface area (Å²) < 4.78 is 22.1. The number of aromatic nitrogens is 2. The van der Waals surface area contributed by atoms with E-state index >= 15 is 0 Å². The fourth-order valence-electron chi connectivity index (χ4n) is 4.61. The van der Waals surface area contributed by atoms with Gasteiger partial charge in [0.05, 0.1) is 49.1 Å². The van der Waals surface area contributed by atoms with Gasteiger partial charge in [0, 0.05) is 24.9 Å². The Kier molecular flexibility index (Phi) is 5.45. The van der Waals surface area contributed by atoms with E-state index in [0.717, 1.165) is 61.2 Å². The Morgan fingerprint density at radius 1 is 1.13 bits per heavy atom. The van der Waals surface area contributed by atoms with Gasteiger partial charge in [-0.2, -0.15) is 10.4 Å². The number of fused-ring (bicyclic) bond motifs is 1. The van der Waals surface area contributed by atoms with E-state index in [1.54, 1.807) is 6.07 Å². The Morgan fingerprint density at radius 2 is 1.87 bits per heavy atom. The SMILES string of the molecule is N#C[C@@H](N)Cc1ccc(-c2ccc3cnn(C4CCN(C5COC5)CC4)c3c2)cc1F. The molecule has 31 heavy (non-hydrogen) atoms. The van der Waals surface area contributed by atoms with Crippen LogP contribution < -0.4 is 5.73 Å². The van der Waals surface area contributed by atoms with Crippen LogP contribution in [0.4, 0.5) is 4.39 Å². The molecular weight excluding hydrogens is 393 g/mol. The second kappa shape index (κ2) is 8.39. The lowest BCUT2D eigenvalue weighted by Gasteiger charge is -2.41. The summed E-state index contributed by atoms with van der Waals surface area (Å²) in [4.78, 5) is 2.53. The fourth-order valence-corrected chi connectivity index (χ4v) is 4.61. The molecule has 6 nitrogen and oxygen atoms in total. The topological polar surface area (TPSA) is 80.1 Å². The molecule has 5 rings (SSSR count). The number of halogens is 1. The Balaban J connectivity index is 1.38. The van der Waals surface area contributed by atoms with Crippen LogP contribution in [0.3, 0.4) is 0 Å². The number of ether oxygens (including phenoxy) is 1. The number of piperidine rings is 1. The first-order chi connectivity index (χ1) is 15.1. The average molecular weight is 420 g/mol. The Bertz CT molecular complexity index is 1120. The van der Waals surface area contributed by atoms with Gasteiger partial charge in [-0.1, -0.05) is 24.3 Å². The lowest BCUT2D eigenvalue weighted by molar-refractivity contribution is -0.0733. The maximum atomic E-state index is 14.6. The normalized spacial score (nSPS) is 19.3. The van der Waals surface area contributed by atoms with Crippen LogP contribution in [0, 0.1) is 17.1 Å². The number of likely N-dealkylation sites (tertiary alicyclic amines) is 1. The van der Waals surface area contributed by atoms with Gasteiger partial charge in [0.2, 0.25) is 0 Å². The third-order valence-electron chi connectivity index (χ3n) is 6.57. The quantitative estimate of drug-likeness (QED) is 0.687. The molecule has 2 saturated heterocycles. The molecule has 160 valence electrons. The number of rotatable bonds is 5. The summed E-state index contributed by atoms with van der Waals surface area (Å²) in [5, 5.41) is 14.7. The van der Waals surface area contributed by atoms with Crippen LogP contribution in [0.5, 0.6) is 0 Å². The van der Waals surface area contributed by atoms with E-state index in [4.69, 9.17) is 15.7 Å². The molecule has 2 fully saturated rings. The van der Waals surface area contributed by atoms with Crippen molar-refractivity contribution < 1.29 is 9.13 Å². The predicted octanol–water partition coefficient (Wildman–Crippen LogP) is 3.27. The largest absolute Gasteiger partial charge is 0.378 e. The molecule has 2 aliphatic heterocycles. The van der Waals surface area contributed by atoms with Gasteiger partial charge in [0.25, 0.3) is 0 Å². The molecule has 1 aromatic heterocycles. The van der Waals surface area contributed by atoms with E-state index in [0.29, 0.717) is 17.6 Å². The van der Waals surface area contributed by atoms with E-state index in [1.165, 1.54) is 6.07 Å². The fraction of sp³-hybridized carbons (Fsp3) is 0.417. The molecule has 2 N–H and O–H groups in total. The standard InChI is InChI=1S/C24H26FN5O/c25-23-10-16(1-3-18(23)9-20(27)12-26)17-2-4-19-13-28-30(24(19)11-17)21-5-7-29(8-6-21)22-14-31-15-22/h1-4,10-11,13,20-22H,5-9,14-15,27H2/t20-/m0/s1. The Labute approximate surface area is 181 Å². The minimum Gasteiger partial charge on any atom is -0.378 e. The highest BCUT2D eigenvalue weighted by Gasteiger charge is 2.30. The van der Waals surface area contributed by atoms with Gasteiger partial charge in [-0.15, -0.1) is 0 Å². The first-order valence-corrected chi connectivity index (χ1v) is 10.9. The molecule has 1 atom stereocenters. The molecule has 0 saturated carbocycles. The molecule has 0 amide bonds. The van der Waals surface area contributed by atoms with Crippen molar-refractivity contribution in [2.75, 3.05) is 26.3 Å². The number of benzene rings is 2. The van der Waals surface area contributed by atoms with Gasteiger partial charge in [-0.25, -0.2) is 4.39 Å². The molecule has 2 aromatic carbocycles. The Morgan fingerprint density at radius 3 is 2.55 bits per heavy atom. The molecule has 0 spiro atoms. The van der Waals surface area contributed by atoms with Crippen molar-refractivity contribution in [2.45, 2.75) is 37.4 Å². The van der Waals surface area contributed by atoms with Crippen molar-refractivity contribution in [2.24, 2.45) is 5.73 Å². The maximum absolute atomic E-state index is 14.6. The zero-order chi connectivity index (χ0) is 21.4. The molecule has 3 aromatic rings. The highest BCUT2D eigenvalue weighted by atomic mass is 19.1. The first kappa shape index (κ1) is 20.1. The van der Waals surface area contributed by atoms with Crippen molar-refractivity contribution in [1.82, 2.24) is 14.7 Å². The summed E-state index contributed by atoms with van der Waals surface area (Å²) in [5.41, 5.74) is 8.96. The number of hydrogen-bond donors (Lipinski definition) is 1. The van der Waals surface area contributed by atoms with Crippen molar-refractivity contribution in [3.8, 4) is 17.2 Å². The van der Waals surface area contributed by atoms with Crippen molar-refractivity contribution in [3.63, 3.8) is 0 Å². The average Bonchev–Trinajstić information content (AvgIpc) is 3.17. The summed E-state index contributed by atoms with van der Waals surface area (Å²) in [6.45, 7) is 3.85. The molecule has 2 aliphatic rings. The molecule has 0 aliphatic carbocycles. The molecular formula is C24H26FN5O. The first-order valence-electron chi connectivity index (χ1n) is 10.9. The van der Waals surface area contributed by atoms with Crippen molar-refractivity contribution in [1.29, 1.82) is 5.26 Å². The monoisotopic (exact) mass is 419 g/mol. The summed E-state index contributed by atoms with van der Waals surface area (Å²) >= 11 is 0. The van der Waals surface area contributed by atoms with Crippen LogP contribution in [0.25, 0.3) is 22.0 Å². The third-order valence-corrected chi connectivity index (χ3v) is 6.57. The van der Waals surface area contributed by atoms with Crippen LogP contribution in [-0.4, -0.2) is 53.1 Å². The van der Waals surface area contributed by atoms with Gasteiger partial charge >= 0.3 is 0 Å². The number of nitriles is 1. The van der Waals surface area contributed by atoms with Gasteiger partial charge < -0.3 is 10.5 Å². The lowest BCUT2D eigenvalue weighted by Crippen LogP contribution is -2.51. The van der Waals surface area contributed by atoms with E-state index in [1.807, 2.05) is 30.5 Å². The molecule has 3 heterocycles. The molecule has 0 bridgehead atoms. The van der Waals surface area contributed by atoms with E-state index < -0.39 is 6.04 Å². The second-order valence-electron chi connectivity index (χ2n) is 8.57. The maximum Gasteiger partial charge on any atom is 0.127 e. The highest BCUT2D eigenvalue weighted by molar-refractivity contribution is 5.84. The van der Waals surface area contributed by atoms with E-state index in [-0.39, 0.29) is 12.2 Å². The lowest BCUT2D eigenvalue weighted by atomic mass is 9.99. The van der Waals surface area contributed by atoms with Gasteiger partial charge in [0.15, 0.2) is 0 Å². The summed E-state index contributed by atoms with van der Waals surface area (Å²) in [5.74, 6) is -0.329. The van der Waals surface area contributed by atoms with E-state index in [9.17, 15) is 4.39 Å². The van der Waals surface area contributed by atoms with Gasteiger partial charge in [0.1, 0.15) is 5.82 Å². The van der Waals surface area contributed by atoms with Gasteiger partial charge in [-0.05, 0) is 41.7 Å². The zero-order valence-corrected chi connectivity index (χ0v) is 17.4. The van der Waals surface area contributed by atoms with Gasteiger partial charge in [-0.3, -0.25) is 9.58 Å². The van der Waals surface area contributed by atoms with Crippen LogP contribution in [0.1, 0.15) is 24.4 Å². The van der Waals surface area contributed by atoms with Crippen molar-refractivity contribution in [3.05, 3.63) is 54.0 Å². The molecule has 0 radical (unpaired) electrons. The van der Waals surface area contributed by atoms with Crippen molar-refractivity contribution >= 4 is 10.9 Å². The minimum atomic E-state index is -0.700. The highest BCUT2D eigenvalue weighted by Crippen LogP contribution is 2.31. The number of nitrogens with zero attached hydrogens (tertiary/aromatic N) is 4. The zero-order valence-electron chi connectivity index (χ0n) is 17.4. The smallest absolute Gasteiger partial charge is 0.127 e. The third kappa shape index (κ3) is 3.94. The van der Waals surface area contributed by atoms with Crippen LogP contribution in [-0.2, 0) is 11.2 Å². The number of hydrogen-bond acceptors (Lipinski definition) is 5. The summed E-state index contributed by atoms with van der Waals surface area (Å²) in [6.07, 6.45) is 4.26. The summed E-state index contributed by atoms with van der Waals surface area (Å²) in [6, 6.07) is 13.5. The van der Waals surface area contributed by atoms with Crippen LogP contribution in [0.15, 0.2) is 42.6 Å². The number of nitrogens with two attached hydrogens (primary N) is 1. The Hall–Kier alpha value is -2.79. The molecule has 0 unspecified atom stereocenters. The van der Waals surface area contributed by atoms with Crippen LogP contribution >= 0.6 is 0 Å². The van der Waals surface area contributed by atoms with Crippen LogP contribution in [0.2, 0.25) is 0 Å². The second-order valence-corrected chi connectivity index (χ2v) is 8.57. The predicted molar refractivity (Wildman–Crippen MR) is 117 cm³/mol. The molecule has 7 heteroatoms. The summed E-state index contributed by atoms with van der Waals surface area (Å²) in [7, 11) is 0. The van der Waals surface area contributed by atoms with E-state index in [2.05, 4.69) is 20.7 Å².